The zero-order valence-electron chi connectivity index (χ0n) is 26.7. The van der Waals surface area contributed by atoms with Gasteiger partial charge in [0.25, 0.3) is 5.88 Å². The van der Waals surface area contributed by atoms with Crippen molar-refractivity contribution in [3.63, 3.8) is 0 Å². The molecule has 0 spiro atoms. The molecule has 46 heavy (non-hydrogen) atoms. The van der Waals surface area contributed by atoms with Crippen molar-refractivity contribution in [3.8, 4) is 5.88 Å². The number of esters is 1. The molecule has 2 fully saturated rings. The van der Waals surface area contributed by atoms with E-state index in [1.54, 1.807) is 39.8 Å². The van der Waals surface area contributed by atoms with Crippen molar-refractivity contribution in [2.45, 2.75) is 102 Å². The summed E-state index contributed by atoms with van der Waals surface area (Å²) in [5.74, 6) is -1.59. The second-order valence-corrected chi connectivity index (χ2v) is 13.4. The monoisotopic (exact) mass is 655 g/mol. The number of fused-ring (bicyclic) bond motifs is 3. The van der Waals surface area contributed by atoms with E-state index < -0.39 is 53.2 Å². The Labute approximate surface area is 273 Å². The predicted octanol–water partition coefficient (Wildman–Crippen LogP) is 4.48. The molecule has 13 heteroatoms. The van der Waals surface area contributed by atoms with Crippen LogP contribution in [-0.2, 0) is 23.9 Å². The number of nitrogens with one attached hydrogen (secondary N) is 2. The Bertz CT molecular complexity index is 1510. The van der Waals surface area contributed by atoms with Crippen LogP contribution in [0.15, 0.2) is 36.4 Å². The van der Waals surface area contributed by atoms with Crippen molar-refractivity contribution in [1.29, 1.82) is 0 Å². The van der Waals surface area contributed by atoms with Crippen LogP contribution in [0, 0.1) is 5.92 Å². The zero-order chi connectivity index (χ0) is 33.1. The number of allylic oxidation sites excluding steroid dienone is 1. The van der Waals surface area contributed by atoms with Gasteiger partial charge in [0.05, 0.1) is 24.2 Å². The lowest BCUT2D eigenvalue weighted by Gasteiger charge is -2.30. The second-order valence-electron chi connectivity index (χ2n) is 13.0. The Morgan fingerprint density at radius 1 is 1.13 bits per heavy atom. The molecule has 1 aromatic heterocycles. The number of nitrogens with zero attached hydrogens (tertiary/aromatic N) is 3. The van der Waals surface area contributed by atoms with Gasteiger partial charge in [0.1, 0.15) is 29.3 Å². The minimum atomic E-state index is -1.21. The van der Waals surface area contributed by atoms with Crippen LogP contribution in [0.5, 0.6) is 5.88 Å². The number of hydrogen-bond donors (Lipinski definition) is 2. The topological polar surface area (TPSA) is 149 Å². The van der Waals surface area contributed by atoms with Crippen LogP contribution >= 0.6 is 11.6 Å². The molecule has 0 unspecified atom stereocenters. The first kappa shape index (κ1) is 33.4. The van der Waals surface area contributed by atoms with E-state index in [1.165, 1.54) is 4.90 Å². The fourth-order valence-electron chi connectivity index (χ4n) is 6.04. The van der Waals surface area contributed by atoms with E-state index in [9.17, 15) is 19.2 Å². The fourth-order valence-corrected chi connectivity index (χ4v) is 6.22. The highest BCUT2D eigenvalue weighted by atomic mass is 35.5. The third-order valence-electron chi connectivity index (χ3n) is 8.35. The van der Waals surface area contributed by atoms with Crippen molar-refractivity contribution in [2.75, 3.05) is 13.2 Å². The van der Waals surface area contributed by atoms with Crippen molar-refractivity contribution in [1.82, 2.24) is 25.5 Å². The maximum atomic E-state index is 14.2. The maximum Gasteiger partial charge on any atom is 0.408 e. The number of carbonyl (C=O) groups is 4. The lowest BCUT2D eigenvalue weighted by molar-refractivity contribution is -0.150. The van der Waals surface area contributed by atoms with Crippen molar-refractivity contribution in [2.24, 2.45) is 5.92 Å². The summed E-state index contributed by atoms with van der Waals surface area (Å²) >= 11 is 6.43. The van der Waals surface area contributed by atoms with Gasteiger partial charge >= 0.3 is 12.1 Å². The third-order valence-corrected chi connectivity index (χ3v) is 8.59. The average molecular weight is 656 g/mol. The zero-order valence-corrected chi connectivity index (χ0v) is 27.5. The number of hydrogen-bond acceptors (Lipinski definition) is 9. The Hall–Kier alpha value is -3.93. The standard InChI is InChI=1S/C33H42ClN5O7/c1-5-44-30(42)33-18-20(33)13-9-7-6-8-10-16-24(37-31(43)46-32(2,3)4)29(41)39-19-21(17-25(39)27(40)38-33)45-28-26(34)35-22-14-11-12-15-23(22)36-28/h9,11-15,20-21,24-25H,5-8,10,16-19H2,1-4H3,(H,37,43)(H,38,40)/t20-,21-,24+,25+,33-/m1/s1. The van der Waals surface area contributed by atoms with E-state index in [-0.39, 0.29) is 36.5 Å². The van der Waals surface area contributed by atoms with Gasteiger partial charge in [-0.1, -0.05) is 48.7 Å². The molecule has 3 aliphatic rings. The van der Waals surface area contributed by atoms with Crippen LogP contribution in [0.3, 0.4) is 0 Å². The summed E-state index contributed by atoms with van der Waals surface area (Å²) in [6.07, 6.45) is 6.60. The molecule has 12 nitrogen and oxygen atoms in total. The van der Waals surface area contributed by atoms with Crippen molar-refractivity contribution < 1.29 is 33.4 Å². The normalized spacial score (nSPS) is 27.0. The van der Waals surface area contributed by atoms with Gasteiger partial charge in [0.2, 0.25) is 11.8 Å². The molecule has 1 saturated carbocycles. The molecule has 3 heterocycles. The van der Waals surface area contributed by atoms with E-state index in [0.29, 0.717) is 30.3 Å². The molecule has 0 radical (unpaired) electrons. The van der Waals surface area contributed by atoms with E-state index in [1.807, 2.05) is 24.3 Å². The number of aromatic nitrogens is 2. The number of alkyl carbamates (subject to hydrolysis) is 1. The molecule has 1 aliphatic carbocycles. The number of rotatable bonds is 5. The molecule has 1 aromatic carbocycles. The van der Waals surface area contributed by atoms with Gasteiger partial charge in [0.15, 0.2) is 5.15 Å². The number of ether oxygens (including phenoxy) is 3. The van der Waals surface area contributed by atoms with E-state index in [2.05, 4.69) is 20.6 Å². The van der Waals surface area contributed by atoms with Gasteiger partial charge in [-0.15, -0.1) is 0 Å². The quantitative estimate of drug-likeness (QED) is 0.351. The summed E-state index contributed by atoms with van der Waals surface area (Å²) < 4.78 is 17.0. The van der Waals surface area contributed by atoms with Crippen LogP contribution < -0.4 is 15.4 Å². The smallest absolute Gasteiger partial charge is 0.408 e. The van der Waals surface area contributed by atoms with Crippen molar-refractivity contribution >= 4 is 46.5 Å². The molecule has 2 N–H and O–H groups in total. The summed E-state index contributed by atoms with van der Waals surface area (Å²) in [6, 6.07) is 5.26. The first-order valence-electron chi connectivity index (χ1n) is 15.9. The van der Waals surface area contributed by atoms with Gasteiger partial charge < -0.3 is 29.7 Å². The Morgan fingerprint density at radius 3 is 2.59 bits per heavy atom. The molecular formula is C33H42ClN5O7. The van der Waals surface area contributed by atoms with Gasteiger partial charge in [-0.05, 0) is 65.5 Å². The molecule has 1 saturated heterocycles. The molecule has 2 aliphatic heterocycles. The van der Waals surface area contributed by atoms with Gasteiger partial charge in [0, 0.05) is 12.3 Å². The Balaban J connectivity index is 1.45. The van der Waals surface area contributed by atoms with Gasteiger partial charge in [-0.2, -0.15) is 0 Å². The lowest BCUT2D eigenvalue weighted by atomic mass is 10.0. The van der Waals surface area contributed by atoms with E-state index in [0.717, 1.165) is 19.3 Å². The van der Waals surface area contributed by atoms with Crippen LogP contribution in [0.2, 0.25) is 5.15 Å². The molecule has 0 bridgehead atoms. The minimum Gasteiger partial charge on any atom is -0.470 e. The molecule has 2 aromatic rings. The van der Waals surface area contributed by atoms with Crippen LogP contribution in [-0.4, -0.2) is 81.2 Å². The van der Waals surface area contributed by atoms with Gasteiger partial charge in [-0.25, -0.2) is 19.6 Å². The first-order chi connectivity index (χ1) is 21.9. The highest BCUT2D eigenvalue weighted by molar-refractivity contribution is 6.31. The molecule has 5 atom stereocenters. The van der Waals surface area contributed by atoms with Crippen LogP contribution in [0.1, 0.15) is 72.6 Å². The Kier molecular flexibility index (Phi) is 10.0. The minimum absolute atomic E-state index is 0.0178. The van der Waals surface area contributed by atoms with E-state index in [4.69, 9.17) is 25.8 Å². The van der Waals surface area contributed by atoms with Gasteiger partial charge in [-0.3, -0.25) is 9.59 Å². The Morgan fingerprint density at radius 2 is 1.87 bits per heavy atom. The summed E-state index contributed by atoms with van der Waals surface area (Å²) in [5, 5.41) is 5.73. The molecular weight excluding hydrogens is 614 g/mol. The molecule has 3 amide bonds. The van der Waals surface area contributed by atoms with E-state index >= 15 is 0 Å². The maximum absolute atomic E-state index is 14.2. The van der Waals surface area contributed by atoms with Crippen LogP contribution in [0.4, 0.5) is 4.79 Å². The number of para-hydroxylation sites is 2. The number of benzene rings is 1. The number of carbonyl (C=O) groups excluding carboxylic acids is 4. The third kappa shape index (κ3) is 7.71. The number of halogens is 1. The lowest BCUT2D eigenvalue weighted by Crippen LogP contribution is -2.56. The highest BCUT2D eigenvalue weighted by Gasteiger charge is 2.62. The molecule has 5 rings (SSSR count). The highest BCUT2D eigenvalue weighted by Crippen LogP contribution is 2.46. The summed E-state index contributed by atoms with van der Waals surface area (Å²) in [5.41, 5.74) is -0.800. The predicted molar refractivity (Wildman–Crippen MR) is 170 cm³/mol. The molecule has 248 valence electrons. The number of amides is 3. The summed E-state index contributed by atoms with van der Waals surface area (Å²) in [7, 11) is 0. The van der Waals surface area contributed by atoms with Crippen molar-refractivity contribution in [3.05, 3.63) is 41.6 Å². The first-order valence-corrected chi connectivity index (χ1v) is 16.3. The largest absolute Gasteiger partial charge is 0.470 e. The fraction of sp³-hybridized carbons (Fsp3) is 0.576. The summed E-state index contributed by atoms with van der Waals surface area (Å²) in [6.45, 7) is 7.13. The average Bonchev–Trinajstić information content (AvgIpc) is 3.52. The second kappa shape index (κ2) is 13.8. The van der Waals surface area contributed by atoms with Crippen LogP contribution in [0.25, 0.3) is 11.0 Å². The SMILES string of the molecule is CCOC(=O)[C@@]12C[C@H]1C=CCCCCC[C@H](NC(=O)OC(C)(C)C)C(=O)N1C[C@H](Oc3nc4ccccc4nc3Cl)C[C@H]1C(=O)N2. The summed E-state index contributed by atoms with van der Waals surface area (Å²) in [4.78, 5) is 64.5.